The second-order valence-corrected chi connectivity index (χ2v) is 3.53. The molecular formula is C11H14O2. The Morgan fingerprint density at radius 3 is 2.69 bits per heavy atom. The summed E-state index contributed by atoms with van der Waals surface area (Å²) in [5.74, 6) is 0.958. The molecule has 1 fully saturated rings. The molecule has 1 aromatic carbocycles. The highest BCUT2D eigenvalue weighted by molar-refractivity contribution is 5.36. The summed E-state index contributed by atoms with van der Waals surface area (Å²) >= 11 is 0. The molecule has 0 radical (unpaired) electrons. The van der Waals surface area contributed by atoms with Crippen molar-refractivity contribution in [2.24, 2.45) is 0 Å². The first kappa shape index (κ1) is 8.57. The zero-order valence-corrected chi connectivity index (χ0v) is 7.99. The number of para-hydroxylation sites is 1. The summed E-state index contributed by atoms with van der Waals surface area (Å²) in [5.41, 5.74) is 1.18. The molecule has 0 spiro atoms. The standard InChI is InChI=1S/C11H14O2/c1-8(2)13-10-6-4-3-5-9(10)11-7-12-11/h3-6,8,11H,7H2,1-2H3. The third-order valence-corrected chi connectivity index (χ3v) is 1.96. The van der Waals surface area contributed by atoms with E-state index in [1.54, 1.807) is 0 Å². The van der Waals surface area contributed by atoms with Crippen LogP contribution >= 0.6 is 0 Å². The van der Waals surface area contributed by atoms with Crippen LogP contribution < -0.4 is 4.74 Å². The Morgan fingerprint density at radius 1 is 1.38 bits per heavy atom. The van der Waals surface area contributed by atoms with Crippen molar-refractivity contribution >= 4 is 0 Å². The van der Waals surface area contributed by atoms with E-state index in [1.165, 1.54) is 5.56 Å². The summed E-state index contributed by atoms with van der Waals surface area (Å²) in [6.45, 7) is 4.90. The molecule has 0 aliphatic carbocycles. The molecule has 13 heavy (non-hydrogen) atoms. The van der Waals surface area contributed by atoms with Crippen molar-refractivity contribution in [3.05, 3.63) is 29.8 Å². The quantitative estimate of drug-likeness (QED) is 0.663. The Balaban J connectivity index is 2.21. The van der Waals surface area contributed by atoms with Crippen molar-refractivity contribution in [1.29, 1.82) is 0 Å². The molecule has 1 saturated heterocycles. The first-order valence-electron chi connectivity index (χ1n) is 4.64. The minimum absolute atomic E-state index is 0.222. The summed E-state index contributed by atoms with van der Waals surface area (Å²) in [4.78, 5) is 0. The van der Waals surface area contributed by atoms with Crippen molar-refractivity contribution in [3.63, 3.8) is 0 Å². The van der Waals surface area contributed by atoms with Crippen molar-refractivity contribution in [2.45, 2.75) is 26.1 Å². The molecule has 2 nitrogen and oxygen atoms in total. The van der Waals surface area contributed by atoms with Gasteiger partial charge in [0, 0.05) is 5.56 Å². The lowest BCUT2D eigenvalue weighted by atomic mass is 10.1. The molecular weight excluding hydrogens is 164 g/mol. The van der Waals surface area contributed by atoms with Gasteiger partial charge in [-0.05, 0) is 19.9 Å². The molecule has 1 aliphatic heterocycles. The number of ether oxygens (including phenoxy) is 2. The number of benzene rings is 1. The smallest absolute Gasteiger partial charge is 0.125 e. The average molecular weight is 178 g/mol. The summed E-state index contributed by atoms with van der Waals surface area (Å²) in [5, 5.41) is 0. The van der Waals surface area contributed by atoms with Crippen LogP contribution in [-0.2, 0) is 4.74 Å². The van der Waals surface area contributed by atoms with E-state index < -0.39 is 0 Å². The lowest BCUT2D eigenvalue weighted by molar-refractivity contribution is 0.237. The van der Waals surface area contributed by atoms with E-state index in [0.29, 0.717) is 0 Å². The third-order valence-electron chi connectivity index (χ3n) is 1.96. The number of hydrogen-bond acceptors (Lipinski definition) is 2. The van der Waals surface area contributed by atoms with Gasteiger partial charge < -0.3 is 9.47 Å². The summed E-state index contributed by atoms with van der Waals surface area (Å²) in [6.07, 6.45) is 0.495. The van der Waals surface area contributed by atoms with Crippen LogP contribution in [0.25, 0.3) is 0 Å². The van der Waals surface area contributed by atoms with Gasteiger partial charge in [-0.15, -0.1) is 0 Å². The van der Waals surface area contributed by atoms with E-state index in [1.807, 2.05) is 32.0 Å². The summed E-state index contributed by atoms with van der Waals surface area (Å²) < 4.78 is 10.9. The van der Waals surface area contributed by atoms with Gasteiger partial charge in [0.05, 0.1) is 12.7 Å². The highest BCUT2D eigenvalue weighted by Crippen LogP contribution is 2.36. The Bertz CT molecular complexity index is 290. The van der Waals surface area contributed by atoms with Gasteiger partial charge in [0.25, 0.3) is 0 Å². The normalized spacial score (nSPS) is 20.4. The molecule has 1 aliphatic rings. The van der Waals surface area contributed by atoms with Crippen molar-refractivity contribution in [1.82, 2.24) is 0 Å². The predicted molar refractivity (Wildman–Crippen MR) is 50.9 cm³/mol. The van der Waals surface area contributed by atoms with E-state index in [4.69, 9.17) is 9.47 Å². The second kappa shape index (κ2) is 3.38. The lowest BCUT2D eigenvalue weighted by Crippen LogP contribution is -2.07. The average Bonchev–Trinajstić information content (AvgIpc) is 2.87. The van der Waals surface area contributed by atoms with E-state index in [2.05, 4.69) is 6.07 Å². The van der Waals surface area contributed by atoms with Crippen LogP contribution in [-0.4, -0.2) is 12.7 Å². The molecule has 2 rings (SSSR count). The van der Waals surface area contributed by atoms with Crippen LogP contribution in [0.15, 0.2) is 24.3 Å². The predicted octanol–water partition coefficient (Wildman–Crippen LogP) is 2.55. The van der Waals surface area contributed by atoms with Crippen LogP contribution in [0.3, 0.4) is 0 Å². The van der Waals surface area contributed by atoms with E-state index in [9.17, 15) is 0 Å². The molecule has 0 bridgehead atoms. The Labute approximate surface area is 78.5 Å². The highest BCUT2D eigenvalue weighted by Gasteiger charge is 2.27. The second-order valence-electron chi connectivity index (χ2n) is 3.53. The van der Waals surface area contributed by atoms with Crippen molar-refractivity contribution < 1.29 is 9.47 Å². The largest absolute Gasteiger partial charge is 0.491 e. The number of epoxide rings is 1. The zero-order chi connectivity index (χ0) is 9.26. The van der Waals surface area contributed by atoms with Gasteiger partial charge in [0.1, 0.15) is 11.9 Å². The van der Waals surface area contributed by atoms with Crippen LogP contribution in [0.5, 0.6) is 5.75 Å². The fourth-order valence-corrected chi connectivity index (χ4v) is 1.34. The molecule has 0 saturated carbocycles. The van der Waals surface area contributed by atoms with Crippen molar-refractivity contribution in [3.8, 4) is 5.75 Å². The van der Waals surface area contributed by atoms with Crippen LogP contribution in [0.4, 0.5) is 0 Å². The first-order chi connectivity index (χ1) is 6.27. The van der Waals surface area contributed by atoms with Gasteiger partial charge in [-0.25, -0.2) is 0 Å². The van der Waals surface area contributed by atoms with Gasteiger partial charge in [0.2, 0.25) is 0 Å². The maximum Gasteiger partial charge on any atom is 0.125 e. The lowest BCUT2D eigenvalue weighted by Gasteiger charge is -2.12. The van der Waals surface area contributed by atoms with Gasteiger partial charge in [0.15, 0.2) is 0 Å². The SMILES string of the molecule is CC(C)Oc1ccccc1C1CO1. The molecule has 70 valence electrons. The number of rotatable bonds is 3. The van der Waals surface area contributed by atoms with Crippen LogP contribution in [0.2, 0.25) is 0 Å². The van der Waals surface area contributed by atoms with Crippen LogP contribution in [0.1, 0.15) is 25.5 Å². The molecule has 1 heterocycles. The van der Waals surface area contributed by atoms with E-state index in [-0.39, 0.29) is 12.2 Å². The minimum atomic E-state index is 0.222. The third kappa shape index (κ3) is 2.01. The van der Waals surface area contributed by atoms with Gasteiger partial charge in [-0.2, -0.15) is 0 Å². The van der Waals surface area contributed by atoms with Crippen LogP contribution in [0, 0.1) is 0 Å². The molecule has 1 unspecified atom stereocenters. The highest BCUT2D eigenvalue weighted by atomic mass is 16.6. The van der Waals surface area contributed by atoms with Gasteiger partial charge >= 0.3 is 0 Å². The Morgan fingerprint density at radius 2 is 2.08 bits per heavy atom. The molecule has 1 aromatic rings. The molecule has 2 heteroatoms. The Kier molecular flexibility index (Phi) is 2.23. The number of hydrogen-bond donors (Lipinski definition) is 0. The first-order valence-corrected chi connectivity index (χ1v) is 4.64. The summed E-state index contributed by atoms with van der Waals surface area (Å²) in [6, 6.07) is 8.07. The minimum Gasteiger partial charge on any atom is -0.491 e. The van der Waals surface area contributed by atoms with Gasteiger partial charge in [-0.3, -0.25) is 0 Å². The molecule has 0 amide bonds. The fourth-order valence-electron chi connectivity index (χ4n) is 1.34. The summed E-state index contributed by atoms with van der Waals surface area (Å²) in [7, 11) is 0. The van der Waals surface area contributed by atoms with Gasteiger partial charge in [-0.1, -0.05) is 18.2 Å². The maximum absolute atomic E-state index is 5.67. The molecule has 0 N–H and O–H groups in total. The topological polar surface area (TPSA) is 21.8 Å². The fraction of sp³-hybridized carbons (Fsp3) is 0.455. The zero-order valence-electron chi connectivity index (χ0n) is 7.99. The van der Waals surface area contributed by atoms with E-state index >= 15 is 0 Å². The molecule has 0 aromatic heterocycles. The maximum atomic E-state index is 5.67. The van der Waals surface area contributed by atoms with E-state index in [0.717, 1.165) is 12.4 Å². The Hall–Kier alpha value is -1.02. The van der Waals surface area contributed by atoms with Crippen molar-refractivity contribution in [2.75, 3.05) is 6.61 Å². The monoisotopic (exact) mass is 178 g/mol. The molecule has 1 atom stereocenters.